The summed E-state index contributed by atoms with van der Waals surface area (Å²) in [6.07, 6.45) is 4.99. The zero-order valence-electron chi connectivity index (χ0n) is 11.3. The van der Waals surface area contributed by atoms with Gasteiger partial charge < -0.3 is 14.6 Å². The van der Waals surface area contributed by atoms with Gasteiger partial charge in [0.15, 0.2) is 6.39 Å². The van der Waals surface area contributed by atoms with Gasteiger partial charge in [-0.2, -0.15) is 0 Å². The molecular weight excluding hydrogens is 230 g/mol. The highest BCUT2D eigenvalue weighted by Crippen LogP contribution is 2.29. The van der Waals surface area contributed by atoms with Crippen LogP contribution in [0, 0.1) is 5.41 Å². The van der Waals surface area contributed by atoms with Crippen LogP contribution in [0.4, 0.5) is 0 Å². The standard InChI is InChI=1S/C13H21N3O2/c1-13(2)5-4-11(14-3)12(17)16(8-13)7-10-6-15-9-18-10/h6,9,11,14H,4-5,7-8H2,1-3H3. The average molecular weight is 251 g/mol. The second-order valence-electron chi connectivity index (χ2n) is 5.71. The number of hydrogen-bond acceptors (Lipinski definition) is 4. The predicted octanol–water partition coefficient (Wildman–Crippen LogP) is 1.41. The van der Waals surface area contributed by atoms with Gasteiger partial charge in [-0.05, 0) is 25.3 Å². The van der Waals surface area contributed by atoms with Gasteiger partial charge in [0.05, 0.1) is 18.8 Å². The first kappa shape index (κ1) is 13.1. The van der Waals surface area contributed by atoms with Crippen LogP contribution in [0.2, 0.25) is 0 Å². The van der Waals surface area contributed by atoms with Crippen LogP contribution in [-0.4, -0.2) is 35.4 Å². The fraction of sp³-hybridized carbons (Fsp3) is 0.692. The van der Waals surface area contributed by atoms with Crippen molar-refractivity contribution in [2.24, 2.45) is 5.41 Å². The van der Waals surface area contributed by atoms with E-state index in [0.29, 0.717) is 6.54 Å². The zero-order valence-corrected chi connectivity index (χ0v) is 11.3. The molecule has 5 nitrogen and oxygen atoms in total. The molecule has 5 heteroatoms. The molecule has 0 aromatic carbocycles. The predicted molar refractivity (Wildman–Crippen MR) is 67.8 cm³/mol. The molecule has 0 spiro atoms. The van der Waals surface area contributed by atoms with Gasteiger partial charge in [-0.15, -0.1) is 0 Å². The Morgan fingerprint density at radius 1 is 1.61 bits per heavy atom. The van der Waals surface area contributed by atoms with E-state index < -0.39 is 0 Å². The highest BCUT2D eigenvalue weighted by atomic mass is 16.3. The third-order valence-electron chi connectivity index (χ3n) is 3.52. The third kappa shape index (κ3) is 2.90. The number of aromatic nitrogens is 1. The van der Waals surface area contributed by atoms with E-state index in [0.717, 1.165) is 25.1 Å². The van der Waals surface area contributed by atoms with E-state index in [1.807, 2.05) is 11.9 Å². The fourth-order valence-corrected chi connectivity index (χ4v) is 2.46. The average Bonchev–Trinajstić information content (AvgIpc) is 2.77. The van der Waals surface area contributed by atoms with E-state index in [9.17, 15) is 4.79 Å². The van der Waals surface area contributed by atoms with Crippen molar-refractivity contribution in [1.29, 1.82) is 0 Å². The van der Waals surface area contributed by atoms with Gasteiger partial charge in [-0.1, -0.05) is 13.8 Å². The second kappa shape index (κ2) is 5.10. The van der Waals surface area contributed by atoms with Crippen molar-refractivity contribution < 1.29 is 9.21 Å². The van der Waals surface area contributed by atoms with Gasteiger partial charge in [0, 0.05) is 6.54 Å². The molecule has 0 aliphatic carbocycles. The second-order valence-corrected chi connectivity index (χ2v) is 5.71. The number of nitrogens with zero attached hydrogens (tertiary/aromatic N) is 2. The molecule has 0 saturated carbocycles. The lowest BCUT2D eigenvalue weighted by molar-refractivity contribution is -0.134. The summed E-state index contributed by atoms with van der Waals surface area (Å²) < 4.78 is 5.24. The number of hydrogen-bond donors (Lipinski definition) is 1. The molecule has 1 aromatic heterocycles. The first-order valence-corrected chi connectivity index (χ1v) is 6.35. The molecule has 1 aliphatic rings. The summed E-state index contributed by atoms with van der Waals surface area (Å²) in [6.45, 7) is 5.66. The lowest BCUT2D eigenvalue weighted by Gasteiger charge is -2.29. The van der Waals surface area contributed by atoms with Gasteiger partial charge in [0.1, 0.15) is 5.76 Å². The van der Waals surface area contributed by atoms with Crippen LogP contribution in [0.3, 0.4) is 0 Å². The number of likely N-dealkylation sites (tertiary alicyclic amines) is 1. The minimum Gasteiger partial charge on any atom is -0.447 e. The first-order valence-electron chi connectivity index (χ1n) is 6.35. The van der Waals surface area contributed by atoms with Crippen LogP contribution in [0.15, 0.2) is 17.0 Å². The van der Waals surface area contributed by atoms with Gasteiger partial charge in [0.25, 0.3) is 0 Å². The summed E-state index contributed by atoms with van der Waals surface area (Å²) in [6, 6.07) is -0.0882. The Kier molecular flexibility index (Phi) is 3.71. The highest BCUT2D eigenvalue weighted by Gasteiger charge is 2.34. The number of rotatable bonds is 3. The molecule has 2 rings (SSSR count). The minimum atomic E-state index is -0.0882. The van der Waals surface area contributed by atoms with Crippen molar-refractivity contribution in [3.63, 3.8) is 0 Å². The maximum absolute atomic E-state index is 12.4. The maximum atomic E-state index is 12.4. The molecule has 1 unspecified atom stereocenters. The number of carbonyl (C=O) groups excluding carboxylic acids is 1. The fourth-order valence-electron chi connectivity index (χ4n) is 2.46. The maximum Gasteiger partial charge on any atom is 0.240 e. The van der Waals surface area contributed by atoms with Crippen molar-refractivity contribution in [2.45, 2.75) is 39.3 Å². The van der Waals surface area contributed by atoms with E-state index in [1.54, 1.807) is 6.20 Å². The van der Waals surface area contributed by atoms with Crippen molar-refractivity contribution in [3.8, 4) is 0 Å². The van der Waals surface area contributed by atoms with Crippen molar-refractivity contribution in [2.75, 3.05) is 13.6 Å². The number of oxazole rings is 1. The molecule has 1 fully saturated rings. The van der Waals surface area contributed by atoms with E-state index in [4.69, 9.17) is 4.42 Å². The molecule has 1 aliphatic heterocycles. The first-order chi connectivity index (χ1) is 8.52. The summed E-state index contributed by atoms with van der Waals surface area (Å²) in [7, 11) is 1.84. The largest absolute Gasteiger partial charge is 0.447 e. The van der Waals surface area contributed by atoms with E-state index in [1.165, 1.54) is 6.39 Å². The van der Waals surface area contributed by atoms with Crippen LogP contribution < -0.4 is 5.32 Å². The minimum absolute atomic E-state index is 0.0882. The Hall–Kier alpha value is -1.36. The lowest BCUT2D eigenvalue weighted by atomic mass is 9.87. The van der Waals surface area contributed by atoms with E-state index >= 15 is 0 Å². The van der Waals surface area contributed by atoms with E-state index in [-0.39, 0.29) is 17.4 Å². The Morgan fingerprint density at radius 3 is 3.00 bits per heavy atom. The van der Waals surface area contributed by atoms with Crippen LogP contribution in [0.25, 0.3) is 0 Å². The van der Waals surface area contributed by atoms with E-state index in [2.05, 4.69) is 24.1 Å². The molecule has 1 atom stereocenters. The number of nitrogens with one attached hydrogen (secondary N) is 1. The van der Waals surface area contributed by atoms with Gasteiger partial charge in [0.2, 0.25) is 5.91 Å². The molecular formula is C13H21N3O2. The molecule has 1 aromatic rings. The SMILES string of the molecule is CNC1CCC(C)(C)CN(Cc2cnco2)C1=O. The van der Waals surface area contributed by atoms with Crippen LogP contribution in [0.5, 0.6) is 0 Å². The third-order valence-corrected chi connectivity index (χ3v) is 3.52. The Morgan fingerprint density at radius 2 is 2.39 bits per heavy atom. The van der Waals surface area contributed by atoms with Gasteiger partial charge in [-0.3, -0.25) is 4.79 Å². The highest BCUT2D eigenvalue weighted by molar-refractivity contribution is 5.82. The molecule has 100 valence electrons. The molecule has 18 heavy (non-hydrogen) atoms. The monoisotopic (exact) mass is 251 g/mol. The zero-order chi connectivity index (χ0) is 13.2. The smallest absolute Gasteiger partial charge is 0.240 e. The number of carbonyl (C=O) groups is 1. The van der Waals surface area contributed by atoms with Crippen LogP contribution >= 0.6 is 0 Å². The van der Waals surface area contributed by atoms with Crippen molar-refractivity contribution >= 4 is 5.91 Å². The molecule has 0 radical (unpaired) electrons. The molecule has 1 amide bonds. The molecule has 1 N–H and O–H groups in total. The number of likely N-dealkylation sites (N-methyl/N-ethyl adjacent to an activating group) is 1. The van der Waals surface area contributed by atoms with Crippen molar-refractivity contribution in [1.82, 2.24) is 15.2 Å². The summed E-state index contributed by atoms with van der Waals surface area (Å²) in [5.74, 6) is 0.885. The Bertz CT molecular complexity index is 400. The lowest BCUT2D eigenvalue weighted by Crippen LogP contribution is -2.44. The van der Waals surface area contributed by atoms with Gasteiger partial charge >= 0.3 is 0 Å². The molecule has 0 bridgehead atoms. The van der Waals surface area contributed by atoms with Gasteiger partial charge in [-0.25, -0.2) is 4.98 Å². The van der Waals surface area contributed by atoms with Crippen LogP contribution in [0.1, 0.15) is 32.4 Å². The number of amides is 1. The topological polar surface area (TPSA) is 58.4 Å². The van der Waals surface area contributed by atoms with Crippen LogP contribution in [-0.2, 0) is 11.3 Å². The Balaban J connectivity index is 2.15. The summed E-state index contributed by atoms with van der Waals surface area (Å²) in [5.41, 5.74) is 0.140. The molecule has 1 saturated heterocycles. The quantitative estimate of drug-likeness (QED) is 0.882. The van der Waals surface area contributed by atoms with Crippen molar-refractivity contribution in [3.05, 3.63) is 18.4 Å². The molecule has 2 heterocycles. The summed E-state index contributed by atoms with van der Waals surface area (Å²) in [5, 5.41) is 3.10. The summed E-state index contributed by atoms with van der Waals surface area (Å²) >= 11 is 0. The summed E-state index contributed by atoms with van der Waals surface area (Å²) in [4.78, 5) is 18.2. The Labute approximate surface area is 108 Å². The normalized spacial score (nSPS) is 24.1.